The molecule has 0 fully saturated rings. The highest BCUT2D eigenvalue weighted by Crippen LogP contribution is 2.28. The lowest BCUT2D eigenvalue weighted by Crippen LogP contribution is -2.16. The number of Topliss-reactive ketones (excluding diaryl/α,β-unsaturated/α-hetero) is 1. The summed E-state index contributed by atoms with van der Waals surface area (Å²) >= 11 is 0. The molecule has 0 amide bonds. The number of fused-ring (bicyclic) bond motifs is 1. The van der Waals surface area contributed by atoms with Crippen molar-refractivity contribution < 1.29 is 9.72 Å². The van der Waals surface area contributed by atoms with Gasteiger partial charge < -0.3 is 5.32 Å². The van der Waals surface area contributed by atoms with Gasteiger partial charge in [-0.2, -0.15) is 0 Å². The van der Waals surface area contributed by atoms with Crippen LogP contribution in [0.15, 0.2) is 91.0 Å². The number of rotatable bonds is 8. The average molecular weight is 439 g/mol. The molecule has 0 aromatic heterocycles. The largest absolute Gasteiger partial charge is 0.378 e. The Morgan fingerprint density at radius 1 is 0.848 bits per heavy atom. The monoisotopic (exact) mass is 438 g/mol. The van der Waals surface area contributed by atoms with Gasteiger partial charge in [-0.1, -0.05) is 74.5 Å². The van der Waals surface area contributed by atoms with Gasteiger partial charge in [-0.15, -0.1) is 0 Å². The smallest absolute Gasteiger partial charge is 0.269 e. The van der Waals surface area contributed by atoms with Gasteiger partial charge in [0.1, 0.15) is 0 Å². The molecule has 1 atom stereocenters. The van der Waals surface area contributed by atoms with E-state index in [0.717, 1.165) is 22.0 Å². The minimum Gasteiger partial charge on any atom is -0.378 e. The van der Waals surface area contributed by atoms with E-state index < -0.39 is 4.92 Å². The van der Waals surface area contributed by atoms with Crippen LogP contribution in [-0.4, -0.2) is 10.7 Å². The maximum Gasteiger partial charge on any atom is 0.269 e. The summed E-state index contributed by atoms with van der Waals surface area (Å²) in [5.74, 6) is 0.451. The van der Waals surface area contributed by atoms with Crippen LogP contribution in [-0.2, 0) is 0 Å². The van der Waals surface area contributed by atoms with Crippen molar-refractivity contribution in [1.82, 2.24) is 0 Å². The first-order valence-electron chi connectivity index (χ1n) is 11.0. The Morgan fingerprint density at radius 3 is 2.12 bits per heavy atom. The molecule has 5 heteroatoms. The van der Waals surface area contributed by atoms with Gasteiger partial charge in [0.2, 0.25) is 0 Å². The summed E-state index contributed by atoms with van der Waals surface area (Å²) in [6.07, 6.45) is 0.260. The molecule has 4 aromatic carbocycles. The summed E-state index contributed by atoms with van der Waals surface area (Å²) in [5, 5.41) is 16.5. The van der Waals surface area contributed by atoms with Gasteiger partial charge >= 0.3 is 0 Å². The molecule has 0 aliphatic heterocycles. The van der Waals surface area contributed by atoms with Crippen molar-refractivity contribution in [1.29, 1.82) is 0 Å². The molecule has 1 unspecified atom stereocenters. The van der Waals surface area contributed by atoms with Gasteiger partial charge in [-0.3, -0.25) is 14.9 Å². The van der Waals surface area contributed by atoms with E-state index in [2.05, 4.69) is 31.3 Å². The molecule has 166 valence electrons. The van der Waals surface area contributed by atoms with Gasteiger partial charge in [0.05, 0.1) is 11.0 Å². The first-order chi connectivity index (χ1) is 15.9. The van der Waals surface area contributed by atoms with E-state index in [9.17, 15) is 14.9 Å². The molecule has 0 saturated carbocycles. The first-order valence-corrected chi connectivity index (χ1v) is 11.0. The summed E-state index contributed by atoms with van der Waals surface area (Å²) in [4.78, 5) is 23.8. The molecule has 0 spiro atoms. The number of ketones is 1. The Balaban J connectivity index is 1.61. The molecule has 5 nitrogen and oxygen atoms in total. The lowest BCUT2D eigenvalue weighted by atomic mass is 9.94. The lowest BCUT2D eigenvalue weighted by Gasteiger charge is -2.21. The second kappa shape index (κ2) is 9.65. The molecule has 0 heterocycles. The SMILES string of the molecule is CC(C)c1ccc(C(CC(=O)c2ccc3ccccc3c2)Nc2ccc([N+](=O)[O-])cc2)cc1. The van der Waals surface area contributed by atoms with Crippen molar-refractivity contribution in [3.63, 3.8) is 0 Å². The number of nitrogens with one attached hydrogen (secondary N) is 1. The maximum absolute atomic E-state index is 13.3. The predicted octanol–water partition coefficient (Wildman–Crippen LogP) is 7.30. The summed E-state index contributed by atoms with van der Waals surface area (Å²) < 4.78 is 0. The average Bonchev–Trinajstić information content (AvgIpc) is 2.83. The van der Waals surface area contributed by atoms with Crippen LogP contribution < -0.4 is 5.32 Å². The Labute approximate surface area is 193 Å². The van der Waals surface area contributed by atoms with Gasteiger partial charge in [-0.25, -0.2) is 0 Å². The normalized spacial score (nSPS) is 12.0. The number of benzene rings is 4. The number of nitro groups is 1. The second-order valence-corrected chi connectivity index (χ2v) is 8.51. The van der Waals surface area contributed by atoms with Gasteiger partial charge in [0.15, 0.2) is 5.78 Å². The van der Waals surface area contributed by atoms with Crippen LogP contribution in [0.2, 0.25) is 0 Å². The fourth-order valence-electron chi connectivity index (χ4n) is 3.91. The van der Waals surface area contributed by atoms with E-state index >= 15 is 0 Å². The van der Waals surface area contributed by atoms with Crippen LogP contribution in [0.25, 0.3) is 10.8 Å². The Hall–Kier alpha value is -3.99. The predicted molar refractivity (Wildman–Crippen MR) is 133 cm³/mol. The minimum atomic E-state index is -0.421. The number of hydrogen-bond donors (Lipinski definition) is 1. The lowest BCUT2D eigenvalue weighted by molar-refractivity contribution is -0.384. The Bertz CT molecular complexity index is 1280. The molecule has 0 aliphatic rings. The third-order valence-electron chi connectivity index (χ3n) is 5.89. The van der Waals surface area contributed by atoms with E-state index in [1.54, 1.807) is 12.1 Å². The zero-order valence-corrected chi connectivity index (χ0v) is 18.7. The molecule has 0 bridgehead atoms. The Morgan fingerprint density at radius 2 is 1.48 bits per heavy atom. The van der Waals surface area contributed by atoms with Crippen molar-refractivity contribution >= 4 is 27.9 Å². The quantitative estimate of drug-likeness (QED) is 0.178. The van der Waals surface area contributed by atoms with Crippen LogP contribution in [0.4, 0.5) is 11.4 Å². The van der Waals surface area contributed by atoms with Crippen LogP contribution in [0.1, 0.15) is 53.7 Å². The standard InChI is InChI=1S/C28H26N2O3/c1-19(2)20-7-10-22(11-8-20)27(29-25-13-15-26(16-14-25)30(32)33)18-28(31)24-12-9-21-5-3-4-6-23(21)17-24/h3-17,19,27,29H,18H2,1-2H3. The number of carbonyl (C=O) groups excluding carboxylic acids is 1. The van der Waals surface area contributed by atoms with Crippen LogP contribution in [0.3, 0.4) is 0 Å². The third kappa shape index (κ3) is 5.26. The number of hydrogen-bond acceptors (Lipinski definition) is 4. The zero-order chi connectivity index (χ0) is 23.4. The number of anilines is 1. The second-order valence-electron chi connectivity index (χ2n) is 8.51. The maximum atomic E-state index is 13.3. The van der Waals surface area contributed by atoms with E-state index in [1.165, 1.54) is 17.7 Å². The highest BCUT2D eigenvalue weighted by Gasteiger charge is 2.19. The fraction of sp³-hybridized carbons (Fsp3) is 0.179. The molecule has 4 aromatic rings. The van der Waals surface area contributed by atoms with Crippen LogP contribution in [0.5, 0.6) is 0 Å². The van der Waals surface area contributed by atoms with E-state index in [0.29, 0.717) is 11.5 Å². The van der Waals surface area contributed by atoms with Crippen molar-refractivity contribution in [2.24, 2.45) is 0 Å². The van der Waals surface area contributed by atoms with E-state index in [-0.39, 0.29) is 23.9 Å². The molecule has 33 heavy (non-hydrogen) atoms. The molecule has 0 saturated heterocycles. The molecule has 0 aliphatic carbocycles. The summed E-state index contributed by atoms with van der Waals surface area (Å²) in [6.45, 7) is 4.29. The Kier molecular flexibility index (Phi) is 6.50. The van der Waals surface area contributed by atoms with Gasteiger partial charge in [0, 0.05) is 29.8 Å². The van der Waals surface area contributed by atoms with E-state index in [4.69, 9.17) is 0 Å². The number of non-ortho nitro benzene ring substituents is 1. The van der Waals surface area contributed by atoms with Gasteiger partial charge in [-0.05, 0) is 46.0 Å². The highest BCUT2D eigenvalue weighted by atomic mass is 16.6. The van der Waals surface area contributed by atoms with Crippen LogP contribution >= 0.6 is 0 Å². The molecular weight excluding hydrogens is 412 g/mol. The summed E-state index contributed by atoms with van der Waals surface area (Å²) in [7, 11) is 0. The number of nitrogens with zero attached hydrogens (tertiary/aromatic N) is 1. The summed E-state index contributed by atoms with van der Waals surface area (Å²) in [6, 6.07) is 28.0. The number of nitro benzene ring substituents is 1. The fourth-order valence-corrected chi connectivity index (χ4v) is 3.91. The molecular formula is C28H26N2O3. The first kappa shape index (κ1) is 22.2. The molecule has 4 rings (SSSR count). The third-order valence-corrected chi connectivity index (χ3v) is 5.89. The highest BCUT2D eigenvalue weighted by molar-refractivity contribution is 6.00. The topological polar surface area (TPSA) is 72.2 Å². The molecule has 1 N–H and O–H groups in total. The minimum absolute atomic E-state index is 0.0330. The van der Waals surface area contributed by atoms with Crippen molar-refractivity contribution in [3.05, 3.63) is 118 Å². The molecule has 0 radical (unpaired) electrons. The summed E-state index contributed by atoms with van der Waals surface area (Å²) in [5.41, 5.74) is 3.65. The zero-order valence-electron chi connectivity index (χ0n) is 18.7. The number of carbonyl (C=O) groups is 1. The van der Waals surface area contributed by atoms with E-state index in [1.807, 2.05) is 54.6 Å². The van der Waals surface area contributed by atoms with Crippen molar-refractivity contribution in [3.8, 4) is 0 Å². The van der Waals surface area contributed by atoms with Gasteiger partial charge in [0.25, 0.3) is 5.69 Å². The van der Waals surface area contributed by atoms with Crippen LogP contribution in [0, 0.1) is 10.1 Å². The van der Waals surface area contributed by atoms with Crippen molar-refractivity contribution in [2.75, 3.05) is 5.32 Å². The van der Waals surface area contributed by atoms with Crippen molar-refractivity contribution in [2.45, 2.75) is 32.2 Å².